The van der Waals surface area contributed by atoms with Gasteiger partial charge in [-0.2, -0.15) is 0 Å². The summed E-state index contributed by atoms with van der Waals surface area (Å²) in [6, 6.07) is 4.71. The topological polar surface area (TPSA) is 101 Å². The fourth-order valence-electron chi connectivity index (χ4n) is 1.77. The maximum Gasteiger partial charge on any atom is 0.241 e. The molecule has 0 radical (unpaired) electrons. The second-order valence-corrected chi connectivity index (χ2v) is 7.68. The third kappa shape index (κ3) is 5.45. The van der Waals surface area contributed by atoms with Crippen molar-refractivity contribution in [1.82, 2.24) is 10.0 Å². The van der Waals surface area contributed by atoms with E-state index in [0.29, 0.717) is 6.54 Å². The molecule has 0 aromatic heterocycles. The number of sulfonamides is 1. The quantitative estimate of drug-likeness (QED) is 0.742. The third-order valence-corrected chi connectivity index (χ3v) is 4.18. The fraction of sp³-hybridized carbons (Fsp3) is 0.500. The molecule has 21 heavy (non-hydrogen) atoms. The van der Waals surface area contributed by atoms with Gasteiger partial charge in [-0.25, -0.2) is 13.1 Å². The molecular weight excluding hydrogens is 290 g/mol. The lowest BCUT2D eigenvalue weighted by atomic mass is 10.1. The van der Waals surface area contributed by atoms with Gasteiger partial charge < -0.3 is 11.1 Å². The molecule has 1 aromatic rings. The molecule has 0 bridgehead atoms. The van der Waals surface area contributed by atoms with Gasteiger partial charge in [-0.15, -0.1) is 0 Å². The lowest BCUT2D eigenvalue weighted by Gasteiger charge is -2.20. The van der Waals surface area contributed by atoms with Gasteiger partial charge in [0.05, 0.1) is 11.4 Å². The van der Waals surface area contributed by atoms with Crippen molar-refractivity contribution in [2.75, 3.05) is 6.54 Å². The van der Waals surface area contributed by atoms with Gasteiger partial charge >= 0.3 is 0 Å². The molecule has 7 heteroatoms. The van der Waals surface area contributed by atoms with Crippen LogP contribution in [0.15, 0.2) is 23.1 Å². The first-order valence-corrected chi connectivity index (χ1v) is 8.14. The van der Waals surface area contributed by atoms with Gasteiger partial charge in [0, 0.05) is 12.1 Å². The van der Waals surface area contributed by atoms with Crippen LogP contribution in [0, 0.1) is 6.92 Å². The monoisotopic (exact) mass is 313 g/mol. The predicted molar refractivity (Wildman–Crippen MR) is 82.2 cm³/mol. The summed E-state index contributed by atoms with van der Waals surface area (Å²) in [6.07, 6.45) is 0. The number of aryl methyl sites for hydroxylation is 1. The summed E-state index contributed by atoms with van der Waals surface area (Å²) in [6.45, 7) is 7.34. The van der Waals surface area contributed by atoms with Crippen molar-refractivity contribution in [3.63, 3.8) is 0 Å². The van der Waals surface area contributed by atoms with E-state index in [4.69, 9.17) is 5.73 Å². The van der Waals surface area contributed by atoms with Gasteiger partial charge in [0.15, 0.2) is 0 Å². The summed E-state index contributed by atoms with van der Waals surface area (Å²) in [4.78, 5) is 11.8. The zero-order valence-electron chi connectivity index (χ0n) is 12.9. The largest absolute Gasteiger partial charge is 0.350 e. The molecule has 0 saturated heterocycles. The second-order valence-electron chi connectivity index (χ2n) is 5.92. The molecule has 0 fully saturated rings. The highest BCUT2D eigenvalue weighted by molar-refractivity contribution is 7.89. The first kappa shape index (κ1) is 17.6. The Kier molecular flexibility index (Phi) is 5.49. The van der Waals surface area contributed by atoms with Gasteiger partial charge in [-0.1, -0.05) is 6.07 Å². The number of carbonyl (C=O) groups is 1. The van der Waals surface area contributed by atoms with E-state index in [-0.39, 0.29) is 17.3 Å². The molecule has 0 aliphatic heterocycles. The van der Waals surface area contributed by atoms with E-state index >= 15 is 0 Å². The average molecular weight is 313 g/mol. The lowest BCUT2D eigenvalue weighted by Crippen LogP contribution is -2.45. The van der Waals surface area contributed by atoms with Crippen LogP contribution in [-0.2, 0) is 21.4 Å². The molecule has 0 atom stereocenters. The van der Waals surface area contributed by atoms with Crippen molar-refractivity contribution in [3.8, 4) is 0 Å². The van der Waals surface area contributed by atoms with Crippen LogP contribution in [0.2, 0.25) is 0 Å². The standard InChI is InChI=1S/C14H23N3O3S/c1-10-7-12(6-5-11(10)8-15)21(19,20)16-9-13(18)17-14(2,3)4/h5-7,16H,8-9,15H2,1-4H3,(H,17,18). The van der Waals surface area contributed by atoms with Gasteiger partial charge in [0.2, 0.25) is 15.9 Å². The van der Waals surface area contributed by atoms with E-state index in [2.05, 4.69) is 10.0 Å². The van der Waals surface area contributed by atoms with E-state index in [1.807, 2.05) is 20.8 Å². The van der Waals surface area contributed by atoms with Crippen molar-refractivity contribution in [3.05, 3.63) is 29.3 Å². The Balaban J connectivity index is 2.78. The zero-order chi connectivity index (χ0) is 16.3. The molecule has 0 unspecified atom stereocenters. The lowest BCUT2D eigenvalue weighted by molar-refractivity contribution is -0.121. The smallest absolute Gasteiger partial charge is 0.241 e. The van der Waals surface area contributed by atoms with Crippen LogP contribution >= 0.6 is 0 Å². The van der Waals surface area contributed by atoms with Gasteiger partial charge in [-0.05, 0) is 51.0 Å². The Morgan fingerprint density at radius 3 is 2.38 bits per heavy atom. The first-order chi connectivity index (χ1) is 9.55. The summed E-state index contributed by atoms with van der Waals surface area (Å²) in [5.41, 5.74) is 6.84. The van der Waals surface area contributed by atoms with Crippen molar-refractivity contribution in [2.45, 2.75) is 44.7 Å². The van der Waals surface area contributed by atoms with Crippen molar-refractivity contribution >= 4 is 15.9 Å². The van der Waals surface area contributed by atoms with E-state index in [1.165, 1.54) is 6.07 Å². The molecule has 4 N–H and O–H groups in total. The van der Waals surface area contributed by atoms with Crippen molar-refractivity contribution < 1.29 is 13.2 Å². The molecule has 118 valence electrons. The number of hydrogen-bond donors (Lipinski definition) is 3. The minimum atomic E-state index is -3.71. The normalized spacial score (nSPS) is 12.2. The highest BCUT2D eigenvalue weighted by atomic mass is 32.2. The van der Waals surface area contributed by atoms with Crippen LogP contribution in [0.4, 0.5) is 0 Å². The second kappa shape index (κ2) is 6.55. The Morgan fingerprint density at radius 2 is 1.90 bits per heavy atom. The van der Waals surface area contributed by atoms with E-state index in [0.717, 1.165) is 11.1 Å². The Bertz CT molecular complexity index is 619. The van der Waals surface area contributed by atoms with E-state index in [9.17, 15) is 13.2 Å². The molecule has 1 aromatic carbocycles. The first-order valence-electron chi connectivity index (χ1n) is 6.65. The molecule has 1 rings (SSSR count). The number of benzene rings is 1. The predicted octanol–water partition coefficient (Wildman–Crippen LogP) is 0.647. The zero-order valence-corrected chi connectivity index (χ0v) is 13.7. The van der Waals surface area contributed by atoms with Crippen LogP contribution in [-0.4, -0.2) is 26.4 Å². The Hall–Kier alpha value is -1.44. The van der Waals surface area contributed by atoms with Crippen molar-refractivity contribution in [1.29, 1.82) is 0 Å². The van der Waals surface area contributed by atoms with E-state index < -0.39 is 15.6 Å². The molecule has 6 nitrogen and oxygen atoms in total. The van der Waals surface area contributed by atoms with Crippen LogP contribution in [0.5, 0.6) is 0 Å². The van der Waals surface area contributed by atoms with Gasteiger partial charge in [0.25, 0.3) is 0 Å². The summed E-state index contributed by atoms with van der Waals surface area (Å²) in [5, 5.41) is 2.69. The van der Waals surface area contributed by atoms with Crippen molar-refractivity contribution in [2.24, 2.45) is 5.73 Å². The number of nitrogens with one attached hydrogen (secondary N) is 2. The summed E-state index contributed by atoms with van der Waals surface area (Å²) in [5.74, 6) is -0.374. The maximum atomic E-state index is 12.1. The third-order valence-electron chi connectivity index (χ3n) is 2.78. The molecule has 0 heterocycles. The summed E-state index contributed by atoms with van der Waals surface area (Å²) >= 11 is 0. The molecule has 0 aliphatic carbocycles. The highest BCUT2D eigenvalue weighted by Gasteiger charge is 2.18. The Morgan fingerprint density at radius 1 is 1.29 bits per heavy atom. The van der Waals surface area contributed by atoms with Crippen LogP contribution in [0.25, 0.3) is 0 Å². The van der Waals surface area contributed by atoms with Crippen LogP contribution in [0.1, 0.15) is 31.9 Å². The number of rotatable bonds is 5. The molecular formula is C14H23N3O3S. The minimum Gasteiger partial charge on any atom is -0.350 e. The molecule has 1 amide bonds. The average Bonchev–Trinajstić information content (AvgIpc) is 2.34. The fourth-order valence-corrected chi connectivity index (χ4v) is 2.84. The molecule has 0 aliphatic rings. The van der Waals surface area contributed by atoms with E-state index in [1.54, 1.807) is 19.1 Å². The number of carbonyl (C=O) groups excluding carboxylic acids is 1. The molecule has 0 saturated carbocycles. The molecule has 0 spiro atoms. The maximum absolute atomic E-state index is 12.1. The number of nitrogens with two attached hydrogens (primary N) is 1. The minimum absolute atomic E-state index is 0.126. The SMILES string of the molecule is Cc1cc(S(=O)(=O)NCC(=O)NC(C)(C)C)ccc1CN. The number of amides is 1. The number of hydrogen-bond acceptors (Lipinski definition) is 4. The summed E-state index contributed by atoms with van der Waals surface area (Å²) < 4.78 is 26.6. The van der Waals surface area contributed by atoms with Crippen LogP contribution < -0.4 is 15.8 Å². The van der Waals surface area contributed by atoms with Gasteiger partial charge in [0.1, 0.15) is 0 Å². The highest BCUT2D eigenvalue weighted by Crippen LogP contribution is 2.14. The van der Waals surface area contributed by atoms with Crippen LogP contribution in [0.3, 0.4) is 0 Å². The summed E-state index contributed by atoms with van der Waals surface area (Å²) in [7, 11) is -3.71. The Labute approximate surface area is 126 Å². The van der Waals surface area contributed by atoms with Gasteiger partial charge in [-0.3, -0.25) is 4.79 Å².